The molecule has 0 bridgehead atoms. The predicted molar refractivity (Wildman–Crippen MR) is 85.0 cm³/mol. The molecule has 0 radical (unpaired) electrons. The maximum atomic E-state index is 11.7. The first-order chi connectivity index (χ1) is 10.5. The number of furan rings is 1. The Morgan fingerprint density at radius 2 is 2.14 bits per heavy atom. The lowest BCUT2D eigenvalue weighted by Crippen LogP contribution is -2.83. The summed E-state index contributed by atoms with van der Waals surface area (Å²) in [5, 5.41) is 3.65. The lowest BCUT2D eigenvalue weighted by Gasteiger charge is -2.10. The van der Waals surface area contributed by atoms with Gasteiger partial charge in [0.05, 0.1) is 6.26 Å². The molecule has 0 saturated carbocycles. The van der Waals surface area contributed by atoms with Crippen LogP contribution in [0, 0.1) is 6.92 Å². The van der Waals surface area contributed by atoms with E-state index in [1.54, 1.807) is 12.3 Å². The molecular weight excluding hydrogens is 302 g/mol. The van der Waals surface area contributed by atoms with Gasteiger partial charge in [0.15, 0.2) is 5.76 Å². The summed E-state index contributed by atoms with van der Waals surface area (Å²) in [5.74, 6) is 0.904. The molecule has 2 aromatic heterocycles. The van der Waals surface area contributed by atoms with E-state index in [-0.39, 0.29) is 11.7 Å². The first-order valence-electron chi connectivity index (χ1n) is 7.14. The SMILES string of the molecule is Cc1cc2oc(=O)cc(C[NH2+][C@@H](C)c3ccco3)c2cc1Cl. The van der Waals surface area contributed by atoms with E-state index in [4.69, 9.17) is 20.4 Å². The largest absolute Gasteiger partial charge is 0.463 e. The van der Waals surface area contributed by atoms with E-state index < -0.39 is 0 Å². The van der Waals surface area contributed by atoms with Crippen molar-refractivity contribution in [1.82, 2.24) is 0 Å². The van der Waals surface area contributed by atoms with Crippen LogP contribution in [0.3, 0.4) is 0 Å². The number of hydrogen-bond acceptors (Lipinski definition) is 3. The highest BCUT2D eigenvalue weighted by atomic mass is 35.5. The van der Waals surface area contributed by atoms with Gasteiger partial charge in [0.1, 0.15) is 18.2 Å². The molecule has 0 aliphatic heterocycles. The Morgan fingerprint density at radius 1 is 1.32 bits per heavy atom. The third-order valence-corrected chi connectivity index (χ3v) is 4.20. The van der Waals surface area contributed by atoms with E-state index in [2.05, 4.69) is 12.2 Å². The Morgan fingerprint density at radius 3 is 2.86 bits per heavy atom. The molecule has 22 heavy (non-hydrogen) atoms. The number of nitrogens with two attached hydrogens (primary N) is 1. The molecule has 0 spiro atoms. The van der Waals surface area contributed by atoms with Gasteiger partial charge >= 0.3 is 5.63 Å². The van der Waals surface area contributed by atoms with Crippen LogP contribution in [0.15, 0.2) is 50.2 Å². The molecule has 2 N–H and O–H groups in total. The number of aryl methyl sites for hydroxylation is 1. The van der Waals surface area contributed by atoms with Gasteiger partial charge in [0, 0.05) is 22.0 Å². The van der Waals surface area contributed by atoms with Gasteiger partial charge in [-0.15, -0.1) is 0 Å². The van der Waals surface area contributed by atoms with Gasteiger partial charge in [-0.3, -0.25) is 0 Å². The molecule has 0 aliphatic rings. The predicted octanol–water partition coefficient (Wildman–Crippen LogP) is 3.17. The normalized spacial score (nSPS) is 12.7. The quantitative estimate of drug-likeness (QED) is 0.752. The van der Waals surface area contributed by atoms with Gasteiger partial charge in [0.25, 0.3) is 0 Å². The van der Waals surface area contributed by atoms with E-state index in [9.17, 15) is 4.79 Å². The fraction of sp³-hybridized carbons (Fsp3) is 0.235. The molecule has 114 valence electrons. The van der Waals surface area contributed by atoms with Crippen LogP contribution >= 0.6 is 11.6 Å². The highest BCUT2D eigenvalue weighted by Crippen LogP contribution is 2.24. The summed E-state index contributed by atoms with van der Waals surface area (Å²) in [6.45, 7) is 4.59. The van der Waals surface area contributed by atoms with E-state index in [0.29, 0.717) is 17.2 Å². The molecule has 0 fully saturated rings. The number of rotatable bonds is 4. The van der Waals surface area contributed by atoms with Gasteiger partial charge in [0.2, 0.25) is 0 Å². The Kier molecular flexibility index (Phi) is 4.05. The van der Waals surface area contributed by atoms with Crippen LogP contribution < -0.4 is 10.9 Å². The molecule has 1 aromatic carbocycles. The first-order valence-corrected chi connectivity index (χ1v) is 7.52. The lowest BCUT2D eigenvalue weighted by atomic mass is 10.1. The molecule has 3 rings (SSSR count). The summed E-state index contributed by atoms with van der Waals surface area (Å²) in [6.07, 6.45) is 1.66. The van der Waals surface area contributed by atoms with Crippen molar-refractivity contribution in [3.63, 3.8) is 0 Å². The zero-order valence-electron chi connectivity index (χ0n) is 12.4. The molecule has 1 atom stereocenters. The third kappa shape index (κ3) is 2.93. The highest BCUT2D eigenvalue weighted by molar-refractivity contribution is 6.32. The molecule has 2 heterocycles. The van der Waals surface area contributed by atoms with Crippen molar-refractivity contribution in [2.24, 2.45) is 0 Å². The van der Waals surface area contributed by atoms with Crippen LogP contribution in [0.5, 0.6) is 0 Å². The maximum absolute atomic E-state index is 11.7. The number of quaternary nitrogens is 1. The van der Waals surface area contributed by atoms with Crippen molar-refractivity contribution in [2.45, 2.75) is 26.4 Å². The summed E-state index contributed by atoms with van der Waals surface area (Å²) < 4.78 is 10.7. The molecular formula is C17H17ClNO3+. The number of halogens is 1. The summed E-state index contributed by atoms with van der Waals surface area (Å²) in [4.78, 5) is 11.7. The molecule has 0 unspecified atom stereocenters. The van der Waals surface area contributed by atoms with E-state index in [1.165, 1.54) is 6.07 Å². The van der Waals surface area contributed by atoms with Crippen LogP contribution in [-0.4, -0.2) is 0 Å². The average Bonchev–Trinajstić information content (AvgIpc) is 3.00. The Balaban J connectivity index is 1.93. The van der Waals surface area contributed by atoms with Crippen molar-refractivity contribution in [1.29, 1.82) is 0 Å². The Bertz CT molecular complexity index is 852. The van der Waals surface area contributed by atoms with Crippen LogP contribution in [-0.2, 0) is 6.54 Å². The second kappa shape index (κ2) is 5.99. The van der Waals surface area contributed by atoms with Gasteiger partial charge < -0.3 is 14.2 Å². The zero-order chi connectivity index (χ0) is 15.7. The summed E-state index contributed by atoms with van der Waals surface area (Å²) in [7, 11) is 0. The zero-order valence-corrected chi connectivity index (χ0v) is 13.2. The Labute approximate surface area is 132 Å². The number of fused-ring (bicyclic) bond motifs is 1. The maximum Gasteiger partial charge on any atom is 0.336 e. The van der Waals surface area contributed by atoms with Crippen LogP contribution in [0.4, 0.5) is 0 Å². The second-order valence-corrected chi connectivity index (χ2v) is 5.84. The standard InChI is InChI=1S/C17H16ClNO3/c1-10-6-16-13(8-14(10)18)12(7-17(20)22-16)9-19-11(2)15-4-3-5-21-15/h3-8,11,19H,9H2,1-2H3/p+1/t11-/m0/s1. The van der Waals surface area contributed by atoms with E-state index >= 15 is 0 Å². The molecule has 0 aliphatic carbocycles. The molecule has 0 amide bonds. The fourth-order valence-electron chi connectivity index (χ4n) is 2.49. The number of hydrogen-bond donors (Lipinski definition) is 1. The third-order valence-electron chi connectivity index (χ3n) is 3.79. The first kappa shape index (κ1) is 14.9. The van der Waals surface area contributed by atoms with E-state index in [1.807, 2.05) is 25.1 Å². The van der Waals surface area contributed by atoms with Crippen LogP contribution in [0.2, 0.25) is 5.02 Å². The summed E-state index contributed by atoms with van der Waals surface area (Å²) >= 11 is 6.20. The van der Waals surface area contributed by atoms with Crippen molar-refractivity contribution in [2.75, 3.05) is 0 Å². The monoisotopic (exact) mass is 318 g/mol. The van der Waals surface area contributed by atoms with Gasteiger partial charge in [-0.2, -0.15) is 0 Å². The number of benzene rings is 1. The van der Waals surface area contributed by atoms with Crippen LogP contribution in [0.25, 0.3) is 11.0 Å². The average molecular weight is 319 g/mol. The highest BCUT2D eigenvalue weighted by Gasteiger charge is 2.14. The van der Waals surface area contributed by atoms with Gasteiger partial charge in [-0.05, 0) is 43.7 Å². The van der Waals surface area contributed by atoms with Crippen molar-refractivity contribution in [3.05, 3.63) is 68.9 Å². The van der Waals surface area contributed by atoms with E-state index in [0.717, 1.165) is 22.3 Å². The van der Waals surface area contributed by atoms with Crippen molar-refractivity contribution in [3.8, 4) is 0 Å². The minimum absolute atomic E-state index is 0.165. The smallest absolute Gasteiger partial charge is 0.336 e. The molecule has 0 saturated heterocycles. The molecule has 3 aromatic rings. The minimum atomic E-state index is -0.344. The Hall–Kier alpha value is -2.04. The molecule has 4 nitrogen and oxygen atoms in total. The molecule has 5 heteroatoms. The summed E-state index contributed by atoms with van der Waals surface area (Å²) in [6, 6.07) is 9.17. The van der Waals surface area contributed by atoms with Crippen molar-refractivity contribution >= 4 is 22.6 Å². The van der Waals surface area contributed by atoms with Crippen molar-refractivity contribution < 1.29 is 14.2 Å². The minimum Gasteiger partial charge on any atom is -0.463 e. The van der Waals surface area contributed by atoms with Crippen LogP contribution in [0.1, 0.15) is 29.9 Å². The van der Waals surface area contributed by atoms with Gasteiger partial charge in [-0.1, -0.05) is 11.6 Å². The second-order valence-electron chi connectivity index (χ2n) is 5.43. The fourth-order valence-corrected chi connectivity index (χ4v) is 2.65. The summed E-state index contributed by atoms with van der Waals surface area (Å²) in [5.41, 5.74) is 2.03. The topological polar surface area (TPSA) is 60.0 Å². The van der Waals surface area contributed by atoms with Gasteiger partial charge in [-0.25, -0.2) is 4.79 Å². The lowest BCUT2D eigenvalue weighted by molar-refractivity contribution is -0.709.